The Kier molecular flexibility index (Phi) is 4.82. The second-order valence-electron chi connectivity index (χ2n) is 4.57. The molecule has 1 amide bonds. The maximum absolute atomic E-state index is 11.7. The van der Waals surface area contributed by atoms with Crippen LogP contribution in [0.4, 0.5) is 0 Å². The van der Waals surface area contributed by atoms with Crippen LogP contribution in [0.2, 0.25) is 0 Å². The van der Waals surface area contributed by atoms with E-state index in [0.29, 0.717) is 19.0 Å². The number of nitrogens with one attached hydrogen (secondary N) is 1. The minimum Gasteiger partial charge on any atom is -0.353 e. The normalized spacial score (nSPS) is 17.0. The Balaban J connectivity index is 1.70. The van der Waals surface area contributed by atoms with Gasteiger partial charge in [-0.05, 0) is 35.4 Å². The molecule has 1 aromatic rings. The van der Waals surface area contributed by atoms with Crippen LogP contribution in [-0.4, -0.2) is 21.7 Å². The summed E-state index contributed by atoms with van der Waals surface area (Å²) >= 11 is 2.22. The molecule has 0 aromatic carbocycles. The van der Waals surface area contributed by atoms with E-state index in [9.17, 15) is 4.79 Å². The number of aromatic nitrogens is 2. The molecule has 2 rings (SSSR count). The molecule has 0 atom stereocenters. The highest BCUT2D eigenvalue weighted by molar-refractivity contribution is 14.1. The zero-order valence-corrected chi connectivity index (χ0v) is 12.0. The van der Waals surface area contributed by atoms with Crippen molar-refractivity contribution in [3.8, 4) is 0 Å². The maximum atomic E-state index is 11.7. The van der Waals surface area contributed by atoms with Crippen molar-refractivity contribution in [2.75, 3.05) is 0 Å². The van der Waals surface area contributed by atoms with Gasteiger partial charge < -0.3 is 5.32 Å². The van der Waals surface area contributed by atoms with Crippen molar-refractivity contribution >= 4 is 28.5 Å². The molecule has 1 aromatic heterocycles. The number of nitrogens with zero attached hydrogens (tertiary/aromatic N) is 2. The standard InChI is InChI=1S/C12H18IN3O/c13-10-8-14-16(9-10)7-6-12(17)15-11-4-2-1-3-5-11/h8-9,11H,1-7H2,(H,15,17). The SMILES string of the molecule is O=C(CCn1cc(I)cn1)NC1CCCCC1. The molecule has 1 fully saturated rings. The second kappa shape index (κ2) is 6.37. The smallest absolute Gasteiger partial charge is 0.222 e. The summed E-state index contributed by atoms with van der Waals surface area (Å²) < 4.78 is 2.93. The topological polar surface area (TPSA) is 46.9 Å². The summed E-state index contributed by atoms with van der Waals surface area (Å²) in [6.45, 7) is 0.668. The molecule has 5 heteroatoms. The van der Waals surface area contributed by atoms with E-state index in [-0.39, 0.29) is 5.91 Å². The van der Waals surface area contributed by atoms with Crippen molar-refractivity contribution in [1.82, 2.24) is 15.1 Å². The molecule has 1 aliphatic rings. The fraction of sp³-hybridized carbons (Fsp3) is 0.667. The van der Waals surface area contributed by atoms with Crippen LogP contribution in [0.5, 0.6) is 0 Å². The minimum atomic E-state index is 0.155. The van der Waals surface area contributed by atoms with Crippen LogP contribution in [-0.2, 0) is 11.3 Å². The highest BCUT2D eigenvalue weighted by atomic mass is 127. The summed E-state index contributed by atoms with van der Waals surface area (Å²) in [5, 5.41) is 7.28. The lowest BCUT2D eigenvalue weighted by molar-refractivity contribution is -0.122. The van der Waals surface area contributed by atoms with Gasteiger partial charge in [-0.1, -0.05) is 19.3 Å². The van der Waals surface area contributed by atoms with Crippen LogP contribution in [0.15, 0.2) is 12.4 Å². The van der Waals surface area contributed by atoms with E-state index in [0.717, 1.165) is 16.4 Å². The number of carbonyl (C=O) groups excluding carboxylic acids is 1. The van der Waals surface area contributed by atoms with Crippen LogP contribution >= 0.6 is 22.6 Å². The number of amides is 1. The van der Waals surface area contributed by atoms with Crippen LogP contribution in [0.3, 0.4) is 0 Å². The summed E-state index contributed by atoms with van der Waals surface area (Å²) in [5.74, 6) is 0.155. The molecule has 1 saturated carbocycles. The van der Waals surface area contributed by atoms with Crippen molar-refractivity contribution in [3.05, 3.63) is 16.0 Å². The summed E-state index contributed by atoms with van der Waals surface area (Å²) in [6, 6.07) is 0.411. The quantitative estimate of drug-likeness (QED) is 0.850. The van der Waals surface area contributed by atoms with Crippen molar-refractivity contribution < 1.29 is 4.79 Å². The Labute approximate surface area is 115 Å². The van der Waals surface area contributed by atoms with E-state index in [2.05, 4.69) is 33.0 Å². The number of halogens is 1. The van der Waals surface area contributed by atoms with Gasteiger partial charge in [-0.2, -0.15) is 5.10 Å². The molecule has 1 N–H and O–H groups in total. The van der Waals surface area contributed by atoms with Gasteiger partial charge in [0.2, 0.25) is 5.91 Å². The molecule has 94 valence electrons. The lowest BCUT2D eigenvalue weighted by Gasteiger charge is -2.22. The monoisotopic (exact) mass is 347 g/mol. The first-order valence-corrected chi connectivity index (χ1v) is 7.29. The molecular formula is C12H18IN3O. The molecule has 0 spiro atoms. The predicted molar refractivity (Wildman–Crippen MR) is 74.6 cm³/mol. The van der Waals surface area contributed by atoms with Gasteiger partial charge >= 0.3 is 0 Å². The van der Waals surface area contributed by atoms with E-state index in [4.69, 9.17) is 0 Å². The first kappa shape index (κ1) is 12.9. The molecule has 4 nitrogen and oxygen atoms in total. The Hall–Kier alpha value is -0.590. The van der Waals surface area contributed by atoms with Crippen LogP contribution in [0, 0.1) is 3.57 Å². The number of carbonyl (C=O) groups is 1. The van der Waals surface area contributed by atoms with E-state index in [1.165, 1.54) is 19.3 Å². The van der Waals surface area contributed by atoms with Crippen molar-refractivity contribution in [2.45, 2.75) is 51.1 Å². The third-order valence-corrected chi connectivity index (χ3v) is 3.70. The number of rotatable bonds is 4. The first-order chi connectivity index (χ1) is 8.24. The van der Waals surface area contributed by atoms with Crippen LogP contribution in [0.25, 0.3) is 0 Å². The Morgan fingerprint density at radius 3 is 2.88 bits per heavy atom. The van der Waals surface area contributed by atoms with E-state index < -0.39 is 0 Å². The highest BCUT2D eigenvalue weighted by Crippen LogP contribution is 2.17. The minimum absolute atomic E-state index is 0.155. The van der Waals surface area contributed by atoms with Gasteiger partial charge in [-0.15, -0.1) is 0 Å². The zero-order valence-electron chi connectivity index (χ0n) is 9.86. The molecule has 0 bridgehead atoms. The van der Waals surface area contributed by atoms with Gasteiger partial charge in [0.05, 0.1) is 9.77 Å². The zero-order chi connectivity index (χ0) is 12.1. The fourth-order valence-electron chi connectivity index (χ4n) is 2.22. The van der Waals surface area contributed by atoms with Gasteiger partial charge in [-0.3, -0.25) is 9.48 Å². The van der Waals surface area contributed by atoms with Crippen molar-refractivity contribution in [1.29, 1.82) is 0 Å². The lowest BCUT2D eigenvalue weighted by atomic mass is 9.95. The largest absolute Gasteiger partial charge is 0.353 e. The molecule has 17 heavy (non-hydrogen) atoms. The molecule has 1 heterocycles. The predicted octanol–water partition coefficient (Wildman–Crippen LogP) is 2.33. The molecule has 0 saturated heterocycles. The third kappa shape index (κ3) is 4.29. The molecule has 0 unspecified atom stereocenters. The lowest BCUT2D eigenvalue weighted by Crippen LogP contribution is -2.36. The van der Waals surface area contributed by atoms with Crippen molar-refractivity contribution in [2.24, 2.45) is 0 Å². The maximum Gasteiger partial charge on any atom is 0.222 e. The first-order valence-electron chi connectivity index (χ1n) is 6.21. The van der Waals surface area contributed by atoms with Gasteiger partial charge in [-0.25, -0.2) is 0 Å². The van der Waals surface area contributed by atoms with Gasteiger partial charge in [0.15, 0.2) is 0 Å². The van der Waals surface area contributed by atoms with E-state index >= 15 is 0 Å². The van der Waals surface area contributed by atoms with Crippen LogP contribution in [0.1, 0.15) is 38.5 Å². The average Bonchev–Trinajstić information content (AvgIpc) is 2.74. The van der Waals surface area contributed by atoms with Crippen molar-refractivity contribution in [3.63, 3.8) is 0 Å². The fourth-order valence-corrected chi connectivity index (χ4v) is 2.67. The molecule has 0 aliphatic heterocycles. The number of hydrogen-bond acceptors (Lipinski definition) is 2. The van der Waals surface area contributed by atoms with Gasteiger partial charge in [0, 0.05) is 25.2 Å². The van der Waals surface area contributed by atoms with Crippen LogP contribution < -0.4 is 5.32 Å². The Morgan fingerprint density at radius 2 is 2.24 bits per heavy atom. The number of hydrogen-bond donors (Lipinski definition) is 1. The molecular weight excluding hydrogens is 329 g/mol. The van der Waals surface area contributed by atoms with Gasteiger partial charge in [0.25, 0.3) is 0 Å². The second-order valence-corrected chi connectivity index (χ2v) is 5.82. The summed E-state index contributed by atoms with van der Waals surface area (Å²) in [5.41, 5.74) is 0. The number of aryl methyl sites for hydroxylation is 1. The molecule has 1 aliphatic carbocycles. The third-order valence-electron chi connectivity index (χ3n) is 3.14. The van der Waals surface area contributed by atoms with E-state index in [1.807, 2.05) is 10.9 Å². The van der Waals surface area contributed by atoms with Gasteiger partial charge in [0.1, 0.15) is 0 Å². The average molecular weight is 347 g/mol. The summed E-state index contributed by atoms with van der Waals surface area (Å²) in [7, 11) is 0. The highest BCUT2D eigenvalue weighted by Gasteiger charge is 2.15. The van der Waals surface area contributed by atoms with E-state index in [1.54, 1.807) is 6.20 Å². The Morgan fingerprint density at radius 1 is 1.47 bits per heavy atom. The Bertz CT molecular complexity index is 372. The summed E-state index contributed by atoms with van der Waals surface area (Å²) in [6.07, 6.45) is 10.4. The summed E-state index contributed by atoms with van der Waals surface area (Å²) in [4.78, 5) is 11.7. The molecule has 0 radical (unpaired) electrons.